The molecule has 132 valence electrons. The molecule has 0 unspecified atom stereocenters. The number of carbonyl (C=O) groups is 2. The van der Waals surface area contributed by atoms with E-state index in [9.17, 15) is 9.59 Å². The number of methoxy groups -OCH3 is 1. The van der Waals surface area contributed by atoms with Gasteiger partial charge in [-0.15, -0.1) is 11.8 Å². The van der Waals surface area contributed by atoms with E-state index in [1.807, 2.05) is 32.0 Å². The molecule has 0 aromatic heterocycles. The first kappa shape index (κ1) is 18.9. The lowest BCUT2D eigenvalue weighted by Gasteiger charge is -2.10. The molecule has 2 N–H and O–H groups in total. The molecule has 0 saturated carbocycles. The Morgan fingerprint density at radius 1 is 0.960 bits per heavy atom. The number of hydrogen-bond donors (Lipinski definition) is 2. The van der Waals surface area contributed by atoms with Gasteiger partial charge in [0.2, 0.25) is 11.8 Å². The molecular weight excluding hydrogens is 336 g/mol. The summed E-state index contributed by atoms with van der Waals surface area (Å²) in [5.41, 5.74) is 3.70. The Morgan fingerprint density at radius 2 is 1.60 bits per heavy atom. The summed E-state index contributed by atoms with van der Waals surface area (Å²) >= 11 is 1.28. The van der Waals surface area contributed by atoms with E-state index in [1.54, 1.807) is 31.4 Å². The molecule has 0 radical (unpaired) electrons. The Morgan fingerprint density at radius 3 is 2.24 bits per heavy atom. The standard InChI is InChI=1S/C19H22N2O3S/c1-13-5-4-6-17(14(13)2)21-19(23)12-25-11-18(22)20-15-7-9-16(24-3)10-8-15/h4-10H,11-12H2,1-3H3,(H,20,22)(H,21,23). The van der Waals surface area contributed by atoms with Crippen LogP contribution in [0.15, 0.2) is 42.5 Å². The number of benzene rings is 2. The Labute approximate surface area is 152 Å². The molecule has 2 rings (SSSR count). The number of nitrogens with one attached hydrogen (secondary N) is 2. The van der Waals surface area contributed by atoms with Gasteiger partial charge in [0.05, 0.1) is 18.6 Å². The van der Waals surface area contributed by atoms with E-state index in [0.29, 0.717) is 5.69 Å². The van der Waals surface area contributed by atoms with Gasteiger partial charge >= 0.3 is 0 Å². The molecular formula is C19H22N2O3S. The maximum atomic E-state index is 12.0. The number of rotatable bonds is 7. The Hall–Kier alpha value is -2.47. The van der Waals surface area contributed by atoms with Crippen LogP contribution in [-0.4, -0.2) is 30.4 Å². The van der Waals surface area contributed by atoms with Crippen LogP contribution in [0.4, 0.5) is 11.4 Å². The Kier molecular flexibility index (Phi) is 6.89. The Balaban J connectivity index is 1.74. The van der Waals surface area contributed by atoms with Gasteiger partial charge in [-0.3, -0.25) is 9.59 Å². The van der Waals surface area contributed by atoms with Gasteiger partial charge in [0, 0.05) is 11.4 Å². The number of hydrogen-bond acceptors (Lipinski definition) is 4. The monoisotopic (exact) mass is 358 g/mol. The van der Waals surface area contributed by atoms with Gasteiger partial charge in [0.1, 0.15) is 5.75 Å². The first-order chi connectivity index (χ1) is 12.0. The van der Waals surface area contributed by atoms with Crippen LogP contribution in [0.1, 0.15) is 11.1 Å². The maximum Gasteiger partial charge on any atom is 0.234 e. The van der Waals surface area contributed by atoms with Crippen LogP contribution in [0, 0.1) is 13.8 Å². The zero-order chi connectivity index (χ0) is 18.2. The van der Waals surface area contributed by atoms with Crippen molar-refractivity contribution in [3.63, 3.8) is 0 Å². The smallest absolute Gasteiger partial charge is 0.234 e. The minimum Gasteiger partial charge on any atom is -0.497 e. The fraction of sp³-hybridized carbons (Fsp3) is 0.263. The summed E-state index contributed by atoms with van der Waals surface area (Å²) in [6.45, 7) is 3.98. The largest absolute Gasteiger partial charge is 0.497 e. The quantitative estimate of drug-likeness (QED) is 0.793. The highest BCUT2D eigenvalue weighted by Crippen LogP contribution is 2.18. The van der Waals surface area contributed by atoms with Crippen molar-refractivity contribution >= 4 is 35.0 Å². The summed E-state index contributed by atoms with van der Waals surface area (Å²) in [6.07, 6.45) is 0. The van der Waals surface area contributed by atoms with Gasteiger partial charge in [-0.25, -0.2) is 0 Å². The van der Waals surface area contributed by atoms with Crippen LogP contribution in [0.3, 0.4) is 0 Å². The molecule has 0 aliphatic carbocycles. The van der Waals surface area contributed by atoms with E-state index >= 15 is 0 Å². The molecule has 2 aromatic carbocycles. The third kappa shape index (κ3) is 5.83. The fourth-order valence-corrected chi connectivity index (χ4v) is 2.80. The average molecular weight is 358 g/mol. The predicted molar refractivity (Wildman–Crippen MR) is 103 cm³/mol. The maximum absolute atomic E-state index is 12.0. The van der Waals surface area contributed by atoms with Crippen LogP contribution < -0.4 is 15.4 Å². The van der Waals surface area contributed by atoms with Crippen LogP contribution in [0.25, 0.3) is 0 Å². The molecule has 0 spiro atoms. The van der Waals surface area contributed by atoms with Crippen LogP contribution >= 0.6 is 11.8 Å². The number of aryl methyl sites for hydroxylation is 1. The lowest BCUT2D eigenvalue weighted by Crippen LogP contribution is -2.18. The third-order valence-electron chi connectivity index (χ3n) is 3.72. The predicted octanol–water partition coefficient (Wildman–Crippen LogP) is 3.62. The minimum absolute atomic E-state index is 0.115. The third-order valence-corrected chi connectivity index (χ3v) is 4.65. The lowest BCUT2D eigenvalue weighted by molar-refractivity contribution is -0.114. The van der Waals surface area contributed by atoms with Crippen molar-refractivity contribution in [2.75, 3.05) is 29.2 Å². The summed E-state index contributed by atoms with van der Waals surface area (Å²) in [7, 11) is 1.59. The van der Waals surface area contributed by atoms with E-state index in [-0.39, 0.29) is 23.3 Å². The second-order valence-electron chi connectivity index (χ2n) is 5.57. The van der Waals surface area contributed by atoms with Crippen molar-refractivity contribution < 1.29 is 14.3 Å². The van der Waals surface area contributed by atoms with Crippen molar-refractivity contribution in [1.82, 2.24) is 0 Å². The van der Waals surface area contributed by atoms with E-state index in [4.69, 9.17) is 4.74 Å². The first-order valence-electron chi connectivity index (χ1n) is 7.87. The van der Waals surface area contributed by atoms with Gasteiger partial charge in [0.25, 0.3) is 0 Å². The van der Waals surface area contributed by atoms with E-state index in [2.05, 4.69) is 10.6 Å². The number of anilines is 2. The normalized spacial score (nSPS) is 10.2. The second kappa shape index (κ2) is 9.13. The SMILES string of the molecule is COc1ccc(NC(=O)CSCC(=O)Nc2cccc(C)c2C)cc1. The molecule has 25 heavy (non-hydrogen) atoms. The first-order valence-corrected chi connectivity index (χ1v) is 9.03. The van der Waals surface area contributed by atoms with Crippen molar-refractivity contribution in [3.05, 3.63) is 53.6 Å². The summed E-state index contributed by atoms with van der Waals surface area (Å²) in [6, 6.07) is 12.9. The summed E-state index contributed by atoms with van der Waals surface area (Å²) in [4.78, 5) is 23.9. The average Bonchev–Trinajstić information content (AvgIpc) is 2.59. The van der Waals surface area contributed by atoms with Gasteiger partial charge in [0.15, 0.2) is 0 Å². The van der Waals surface area contributed by atoms with E-state index in [1.165, 1.54) is 11.8 Å². The lowest BCUT2D eigenvalue weighted by atomic mass is 10.1. The number of carbonyl (C=O) groups excluding carboxylic acids is 2. The molecule has 2 aromatic rings. The molecule has 0 saturated heterocycles. The molecule has 6 heteroatoms. The highest BCUT2D eigenvalue weighted by Gasteiger charge is 2.08. The molecule has 2 amide bonds. The fourth-order valence-electron chi connectivity index (χ4n) is 2.18. The molecule has 0 aliphatic heterocycles. The molecule has 0 aliphatic rings. The number of thioether (sulfide) groups is 1. The van der Waals surface area contributed by atoms with Crippen molar-refractivity contribution in [3.8, 4) is 5.75 Å². The van der Waals surface area contributed by atoms with Gasteiger partial charge in [-0.2, -0.15) is 0 Å². The highest BCUT2D eigenvalue weighted by molar-refractivity contribution is 8.00. The Bertz CT molecular complexity index is 745. The van der Waals surface area contributed by atoms with Crippen LogP contribution in [0.2, 0.25) is 0 Å². The van der Waals surface area contributed by atoms with Crippen molar-refractivity contribution in [2.45, 2.75) is 13.8 Å². The molecule has 0 atom stereocenters. The van der Waals surface area contributed by atoms with Crippen molar-refractivity contribution in [1.29, 1.82) is 0 Å². The molecule has 0 fully saturated rings. The van der Waals surface area contributed by atoms with Gasteiger partial charge < -0.3 is 15.4 Å². The highest BCUT2D eigenvalue weighted by atomic mass is 32.2. The van der Waals surface area contributed by atoms with E-state index < -0.39 is 0 Å². The molecule has 5 nitrogen and oxygen atoms in total. The summed E-state index contributed by atoms with van der Waals surface area (Å²) < 4.78 is 5.07. The number of amides is 2. The topological polar surface area (TPSA) is 67.4 Å². The summed E-state index contributed by atoms with van der Waals surface area (Å²) in [5, 5.41) is 5.67. The van der Waals surface area contributed by atoms with Gasteiger partial charge in [-0.1, -0.05) is 12.1 Å². The zero-order valence-corrected chi connectivity index (χ0v) is 15.4. The molecule has 0 bridgehead atoms. The zero-order valence-electron chi connectivity index (χ0n) is 14.6. The van der Waals surface area contributed by atoms with E-state index in [0.717, 1.165) is 22.6 Å². The van der Waals surface area contributed by atoms with Crippen LogP contribution in [-0.2, 0) is 9.59 Å². The number of ether oxygens (including phenoxy) is 1. The van der Waals surface area contributed by atoms with Gasteiger partial charge in [-0.05, 0) is 55.3 Å². The van der Waals surface area contributed by atoms with Crippen molar-refractivity contribution in [2.24, 2.45) is 0 Å². The van der Waals surface area contributed by atoms with Crippen LogP contribution in [0.5, 0.6) is 5.75 Å². The molecule has 0 heterocycles. The summed E-state index contributed by atoms with van der Waals surface area (Å²) in [5.74, 6) is 0.913. The minimum atomic E-state index is -0.144. The second-order valence-corrected chi connectivity index (χ2v) is 6.55.